The predicted molar refractivity (Wildman–Crippen MR) is 109 cm³/mol. The summed E-state index contributed by atoms with van der Waals surface area (Å²) in [6, 6.07) is 5.66. The molecule has 2 fully saturated rings. The first-order valence-corrected chi connectivity index (χ1v) is 10.3. The Kier molecular flexibility index (Phi) is 4.87. The molecule has 2 bridgehead atoms. The topological polar surface area (TPSA) is 84.2 Å². The van der Waals surface area contributed by atoms with E-state index >= 15 is 0 Å². The molecule has 3 atom stereocenters. The number of amides is 1. The lowest BCUT2D eigenvalue weighted by molar-refractivity contribution is -0.137. The molecule has 10 heteroatoms. The summed E-state index contributed by atoms with van der Waals surface area (Å²) in [6.07, 6.45) is 0.987. The minimum absolute atomic E-state index is 0.0877. The predicted octanol–water partition coefficient (Wildman–Crippen LogP) is 4.17. The minimum Gasteiger partial charge on any atom is -0.443 e. The summed E-state index contributed by atoms with van der Waals surface area (Å²) in [5.74, 6) is 0.801. The number of nitrogens with zero attached hydrogens (tertiary/aromatic N) is 4. The molecule has 0 aromatic carbocycles. The maximum absolute atomic E-state index is 13.5. The zero-order valence-electron chi connectivity index (χ0n) is 17.1. The van der Waals surface area contributed by atoms with Crippen molar-refractivity contribution in [2.75, 3.05) is 11.9 Å². The number of carbonyl (C=O) groups excluding carboxylic acids is 1. The van der Waals surface area contributed by atoms with Gasteiger partial charge in [0.25, 0.3) is 5.91 Å². The number of fused-ring (bicyclic) bond motifs is 2. The van der Waals surface area contributed by atoms with Crippen LogP contribution in [0.15, 0.2) is 47.3 Å². The highest BCUT2D eigenvalue weighted by atomic mass is 19.4. The number of halogens is 3. The van der Waals surface area contributed by atoms with Gasteiger partial charge in [0, 0.05) is 24.5 Å². The van der Waals surface area contributed by atoms with Crippen LogP contribution in [0.4, 0.5) is 19.0 Å². The van der Waals surface area contributed by atoms with Crippen LogP contribution >= 0.6 is 0 Å². The maximum Gasteiger partial charge on any atom is 0.417 e. The number of anilines is 1. The van der Waals surface area contributed by atoms with Gasteiger partial charge in [-0.15, -0.1) is 0 Å². The minimum atomic E-state index is -4.43. The molecule has 1 saturated heterocycles. The van der Waals surface area contributed by atoms with E-state index in [9.17, 15) is 18.0 Å². The van der Waals surface area contributed by atoms with E-state index in [-0.39, 0.29) is 23.9 Å². The number of alkyl halides is 3. The zero-order valence-corrected chi connectivity index (χ0v) is 17.1. The molecule has 4 heterocycles. The summed E-state index contributed by atoms with van der Waals surface area (Å²) < 4.78 is 43.7. The first-order chi connectivity index (χ1) is 15.3. The summed E-state index contributed by atoms with van der Waals surface area (Å²) >= 11 is 0. The van der Waals surface area contributed by atoms with Crippen molar-refractivity contribution in [1.29, 1.82) is 0 Å². The van der Waals surface area contributed by atoms with Crippen molar-refractivity contribution in [1.82, 2.24) is 19.9 Å². The van der Waals surface area contributed by atoms with E-state index in [1.165, 1.54) is 18.5 Å². The third-order valence-corrected chi connectivity index (χ3v) is 6.07. The van der Waals surface area contributed by atoms with E-state index in [2.05, 4.69) is 20.3 Å². The van der Waals surface area contributed by atoms with Gasteiger partial charge < -0.3 is 14.6 Å². The normalized spacial score (nSPS) is 22.4. The van der Waals surface area contributed by atoms with Gasteiger partial charge >= 0.3 is 6.18 Å². The summed E-state index contributed by atoms with van der Waals surface area (Å²) in [6.45, 7) is 2.45. The average molecular weight is 443 g/mol. The standard InChI is InChI=1S/C22H20F3N5O2/c1-12-2-4-15(19(28-12)20-26-6-7-32-20)21(31)30-11-13-8-16(17(30)9-13)29-18-5-3-14(10-27-18)22(23,24)25/h2-7,10,13,16-17H,8-9,11H2,1H3,(H,27,29)/t13-,16+,17-/m0/s1. The number of aryl methyl sites for hydroxylation is 1. The molecular formula is C22H20F3N5O2. The molecule has 1 N–H and O–H groups in total. The number of nitrogens with one attached hydrogen (secondary N) is 1. The molecule has 1 amide bonds. The lowest BCUT2D eigenvalue weighted by Crippen LogP contribution is -2.48. The largest absolute Gasteiger partial charge is 0.443 e. The van der Waals surface area contributed by atoms with E-state index in [0.717, 1.165) is 30.8 Å². The Bertz CT molecular complexity index is 1130. The molecule has 1 aliphatic carbocycles. The first kappa shape index (κ1) is 20.5. The molecule has 7 nitrogen and oxygen atoms in total. The molecule has 1 aliphatic heterocycles. The van der Waals surface area contributed by atoms with Crippen LogP contribution in [0.25, 0.3) is 11.6 Å². The maximum atomic E-state index is 13.5. The van der Waals surface area contributed by atoms with Crippen LogP contribution in [0.1, 0.15) is 34.5 Å². The average Bonchev–Trinajstić information content (AvgIpc) is 3.50. The lowest BCUT2D eigenvalue weighted by Gasteiger charge is -2.34. The van der Waals surface area contributed by atoms with Crippen molar-refractivity contribution in [2.45, 2.75) is 38.0 Å². The van der Waals surface area contributed by atoms with Crippen LogP contribution in [-0.4, -0.2) is 44.4 Å². The smallest absolute Gasteiger partial charge is 0.417 e. The van der Waals surface area contributed by atoms with Crippen molar-refractivity contribution in [2.24, 2.45) is 5.92 Å². The second-order valence-electron chi connectivity index (χ2n) is 8.23. The number of pyridine rings is 2. The SMILES string of the molecule is Cc1ccc(C(=O)N2C[C@H]3C[C@@H](Nc4ccc(C(F)(F)F)cn4)[C@@H]2C3)c(-c2ncco2)n1. The van der Waals surface area contributed by atoms with Crippen molar-refractivity contribution < 1.29 is 22.4 Å². The van der Waals surface area contributed by atoms with Gasteiger partial charge in [-0.2, -0.15) is 13.2 Å². The van der Waals surface area contributed by atoms with E-state index < -0.39 is 11.7 Å². The molecule has 32 heavy (non-hydrogen) atoms. The number of piperidine rings is 1. The van der Waals surface area contributed by atoms with E-state index in [4.69, 9.17) is 4.42 Å². The van der Waals surface area contributed by atoms with Crippen LogP contribution in [0, 0.1) is 12.8 Å². The molecular weight excluding hydrogens is 423 g/mol. The number of rotatable bonds is 4. The number of oxazole rings is 1. The third-order valence-electron chi connectivity index (χ3n) is 6.07. The summed E-state index contributed by atoms with van der Waals surface area (Å²) in [5, 5.41) is 3.22. The van der Waals surface area contributed by atoms with Crippen LogP contribution in [-0.2, 0) is 6.18 Å². The number of aromatic nitrogens is 3. The molecule has 0 radical (unpaired) electrons. The van der Waals surface area contributed by atoms with Gasteiger partial charge in [0.2, 0.25) is 5.89 Å². The Hall–Kier alpha value is -3.43. The number of hydrogen-bond acceptors (Lipinski definition) is 6. The fraction of sp³-hybridized carbons (Fsp3) is 0.364. The fourth-order valence-corrected chi connectivity index (χ4v) is 4.64. The van der Waals surface area contributed by atoms with Gasteiger partial charge in [-0.3, -0.25) is 4.79 Å². The van der Waals surface area contributed by atoms with Gasteiger partial charge in [0.05, 0.1) is 23.4 Å². The van der Waals surface area contributed by atoms with Crippen LogP contribution in [0.5, 0.6) is 0 Å². The quantitative estimate of drug-likeness (QED) is 0.652. The number of likely N-dealkylation sites (tertiary alicyclic amines) is 1. The second-order valence-corrected chi connectivity index (χ2v) is 8.23. The lowest BCUT2D eigenvalue weighted by atomic mass is 10.0. The Morgan fingerprint density at radius 2 is 2.03 bits per heavy atom. The van der Waals surface area contributed by atoms with Gasteiger partial charge in [-0.25, -0.2) is 15.0 Å². The highest BCUT2D eigenvalue weighted by molar-refractivity contribution is 5.99. The second kappa shape index (κ2) is 7.61. The van der Waals surface area contributed by atoms with Gasteiger partial charge in [0.15, 0.2) is 0 Å². The van der Waals surface area contributed by atoms with Gasteiger partial charge in [0.1, 0.15) is 17.8 Å². The first-order valence-electron chi connectivity index (χ1n) is 10.3. The van der Waals surface area contributed by atoms with Crippen molar-refractivity contribution in [3.63, 3.8) is 0 Å². The Morgan fingerprint density at radius 1 is 1.19 bits per heavy atom. The summed E-state index contributed by atoms with van der Waals surface area (Å²) in [7, 11) is 0. The molecule has 3 aromatic rings. The van der Waals surface area contributed by atoms with Crippen LogP contribution < -0.4 is 5.32 Å². The van der Waals surface area contributed by atoms with Gasteiger partial charge in [-0.05, 0) is 49.9 Å². The van der Waals surface area contributed by atoms with E-state index in [1.807, 2.05) is 11.8 Å². The van der Waals surface area contributed by atoms with Crippen molar-refractivity contribution in [3.05, 3.63) is 59.7 Å². The Morgan fingerprint density at radius 3 is 2.69 bits per heavy atom. The molecule has 166 valence electrons. The number of hydrogen-bond donors (Lipinski definition) is 1. The molecule has 2 aliphatic rings. The molecule has 5 rings (SSSR count). The highest BCUT2D eigenvalue weighted by Gasteiger charge is 2.47. The fourth-order valence-electron chi connectivity index (χ4n) is 4.64. The summed E-state index contributed by atoms with van der Waals surface area (Å²) in [4.78, 5) is 27.8. The molecule has 0 spiro atoms. The molecule has 0 unspecified atom stereocenters. The molecule has 1 saturated carbocycles. The van der Waals surface area contributed by atoms with E-state index in [1.54, 1.807) is 12.1 Å². The monoisotopic (exact) mass is 443 g/mol. The zero-order chi connectivity index (χ0) is 22.5. The van der Waals surface area contributed by atoms with Crippen molar-refractivity contribution in [3.8, 4) is 11.6 Å². The van der Waals surface area contributed by atoms with E-state index in [0.29, 0.717) is 29.5 Å². The van der Waals surface area contributed by atoms with Crippen molar-refractivity contribution >= 4 is 11.7 Å². The number of carbonyl (C=O) groups is 1. The highest BCUT2D eigenvalue weighted by Crippen LogP contribution is 2.40. The Balaban J connectivity index is 1.36. The third kappa shape index (κ3) is 3.69. The Labute approximate surface area is 181 Å². The summed E-state index contributed by atoms with van der Waals surface area (Å²) in [5.41, 5.74) is 0.762. The molecule has 3 aromatic heterocycles. The van der Waals surface area contributed by atoms with Crippen LogP contribution in [0.3, 0.4) is 0 Å². The van der Waals surface area contributed by atoms with Crippen LogP contribution in [0.2, 0.25) is 0 Å². The van der Waals surface area contributed by atoms with Gasteiger partial charge in [-0.1, -0.05) is 0 Å².